The van der Waals surface area contributed by atoms with Crippen LogP contribution in [0.1, 0.15) is 22.3 Å². The van der Waals surface area contributed by atoms with Crippen molar-refractivity contribution in [3.05, 3.63) is 101 Å². The molecule has 4 rings (SSSR count). The third kappa shape index (κ3) is 7.17. The molecule has 39 heavy (non-hydrogen) atoms. The average molecular weight is 529 g/mol. The third-order valence-electron chi connectivity index (χ3n) is 6.66. The van der Waals surface area contributed by atoms with Gasteiger partial charge in [-0.3, -0.25) is 0 Å². The zero-order chi connectivity index (χ0) is 27.6. The van der Waals surface area contributed by atoms with Gasteiger partial charge in [0.25, 0.3) is 0 Å². The number of aryl methyl sites for hydroxylation is 4. The molecule has 0 N–H and O–H groups in total. The number of rotatable bonds is 13. The number of methoxy groups -OCH3 is 5. The summed E-state index contributed by atoms with van der Waals surface area (Å²) in [5, 5.41) is 0. The van der Waals surface area contributed by atoms with Crippen LogP contribution in [0.5, 0.6) is 40.2 Å². The van der Waals surface area contributed by atoms with Crippen molar-refractivity contribution in [1.82, 2.24) is 0 Å². The monoisotopic (exact) mass is 528 g/mol. The first-order valence-electron chi connectivity index (χ1n) is 12.9. The normalized spacial score (nSPS) is 10.6. The van der Waals surface area contributed by atoms with Gasteiger partial charge in [0.1, 0.15) is 17.2 Å². The van der Waals surface area contributed by atoms with E-state index in [-0.39, 0.29) is 0 Å². The molecule has 0 aliphatic rings. The first-order valence-corrected chi connectivity index (χ1v) is 12.9. The van der Waals surface area contributed by atoms with Gasteiger partial charge >= 0.3 is 0 Å². The van der Waals surface area contributed by atoms with Crippen LogP contribution in [-0.4, -0.2) is 35.5 Å². The predicted octanol–water partition coefficient (Wildman–Crippen LogP) is 7.09. The minimum atomic E-state index is 0.618. The van der Waals surface area contributed by atoms with Crippen molar-refractivity contribution in [2.75, 3.05) is 35.5 Å². The van der Waals surface area contributed by atoms with E-state index in [0.717, 1.165) is 60.0 Å². The maximum atomic E-state index is 6.35. The fourth-order valence-corrected chi connectivity index (χ4v) is 4.53. The summed E-state index contributed by atoms with van der Waals surface area (Å²) in [5.41, 5.74) is 4.59. The maximum absolute atomic E-state index is 6.35. The van der Waals surface area contributed by atoms with Crippen LogP contribution in [0, 0.1) is 0 Å². The highest BCUT2D eigenvalue weighted by Gasteiger charge is 2.14. The summed E-state index contributed by atoms with van der Waals surface area (Å²) >= 11 is 0. The van der Waals surface area contributed by atoms with Crippen LogP contribution in [0.2, 0.25) is 0 Å². The first kappa shape index (κ1) is 27.7. The minimum absolute atomic E-state index is 0.618. The summed E-state index contributed by atoms with van der Waals surface area (Å²) in [6.07, 6.45) is 3.34. The fraction of sp³-hybridized carbons (Fsp3) is 0.273. The summed E-state index contributed by atoms with van der Waals surface area (Å²) in [6, 6.07) is 26.2. The van der Waals surface area contributed by atoms with E-state index < -0.39 is 0 Å². The minimum Gasteiger partial charge on any atom is -0.497 e. The van der Waals surface area contributed by atoms with Gasteiger partial charge in [-0.1, -0.05) is 30.3 Å². The predicted molar refractivity (Wildman–Crippen MR) is 153 cm³/mol. The Morgan fingerprint density at radius 3 is 1.62 bits per heavy atom. The Morgan fingerprint density at radius 1 is 0.410 bits per heavy atom. The maximum Gasteiger partial charge on any atom is 0.169 e. The van der Waals surface area contributed by atoms with E-state index in [1.807, 2.05) is 48.5 Å². The van der Waals surface area contributed by atoms with Crippen molar-refractivity contribution in [2.24, 2.45) is 0 Å². The third-order valence-corrected chi connectivity index (χ3v) is 6.66. The average Bonchev–Trinajstić information content (AvgIpc) is 2.99. The van der Waals surface area contributed by atoms with Crippen LogP contribution in [0.15, 0.2) is 78.9 Å². The van der Waals surface area contributed by atoms with Gasteiger partial charge in [-0.25, -0.2) is 0 Å². The van der Waals surface area contributed by atoms with E-state index in [1.54, 1.807) is 35.5 Å². The molecule has 0 fully saturated rings. The van der Waals surface area contributed by atoms with Gasteiger partial charge in [0.05, 0.1) is 35.5 Å². The Hall–Kier alpha value is -4.32. The Kier molecular flexibility index (Phi) is 9.57. The standard InChI is InChI=1S/C33H36O6/c1-34-27-10-6-8-24(18-27)14-16-26-21-33(32(38-5)22-30(26)36-3)39-28-11-7-9-23(19-28)12-13-25-15-17-29(35-2)31(20-25)37-4/h6-11,15,17-22H,12-14,16H2,1-5H3. The quantitative estimate of drug-likeness (QED) is 0.185. The summed E-state index contributed by atoms with van der Waals surface area (Å²) in [5.74, 6) is 5.11. The topological polar surface area (TPSA) is 55.4 Å². The first-order chi connectivity index (χ1) is 19.1. The van der Waals surface area contributed by atoms with Gasteiger partial charge in [-0.2, -0.15) is 0 Å². The lowest BCUT2D eigenvalue weighted by molar-refractivity contribution is 0.354. The Bertz CT molecular complexity index is 1380. The van der Waals surface area contributed by atoms with Crippen molar-refractivity contribution < 1.29 is 28.4 Å². The number of ether oxygens (including phenoxy) is 6. The van der Waals surface area contributed by atoms with Crippen molar-refractivity contribution in [1.29, 1.82) is 0 Å². The van der Waals surface area contributed by atoms with E-state index in [0.29, 0.717) is 11.5 Å². The Morgan fingerprint density at radius 2 is 0.974 bits per heavy atom. The molecular weight excluding hydrogens is 492 g/mol. The molecular formula is C33H36O6. The number of hydrogen-bond acceptors (Lipinski definition) is 6. The molecule has 0 aromatic heterocycles. The highest BCUT2D eigenvalue weighted by atomic mass is 16.5. The highest BCUT2D eigenvalue weighted by Crippen LogP contribution is 2.38. The zero-order valence-corrected chi connectivity index (χ0v) is 23.3. The molecule has 4 aromatic rings. The van der Waals surface area contributed by atoms with Gasteiger partial charge in [0.15, 0.2) is 23.0 Å². The molecule has 204 valence electrons. The van der Waals surface area contributed by atoms with Crippen LogP contribution in [-0.2, 0) is 25.7 Å². The molecule has 6 nitrogen and oxygen atoms in total. The second kappa shape index (κ2) is 13.5. The van der Waals surface area contributed by atoms with Crippen LogP contribution in [0.25, 0.3) is 0 Å². The lowest BCUT2D eigenvalue weighted by Crippen LogP contribution is -1.99. The SMILES string of the molecule is COc1cccc(CCc2cc(Oc3cccc(CCc4ccc(OC)c(OC)c4)c3)c(OC)cc2OC)c1. The molecule has 0 amide bonds. The van der Waals surface area contributed by atoms with E-state index in [2.05, 4.69) is 30.3 Å². The molecule has 0 heterocycles. The van der Waals surface area contributed by atoms with Crippen molar-refractivity contribution in [3.8, 4) is 40.2 Å². The summed E-state index contributed by atoms with van der Waals surface area (Å²) in [7, 11) is 8.29. The number of hydrogen-bond donors (Lipinski definition) is 0. The Balaban J connectivity index is 1.49. The summed E-state index contributed by atoms with van der Waals surface area (Å²) in [6.45, 7) is 0. The molecule has 0 bridgehead atoms. The van der Waals surface area contributed by atoms with E-state index in [1.165, 1.54) is 16.7 Å². The molecule has 0 saturated heterocycles. The fourth-order valence-electron chi connectivity index (χ4n) is 4.53. The lowest BCUT2D eigenvalue weighted by atomic mass is 10.0. The smallest absolute Gasteiger partial charge is 0.169 e. The van der Waals surface area contributed by atoms with Gasteiger partial charge in [-0.15, -0.1) is 0 Å². The molecule has 0 radical (unpaired) electrons. The van der Waals surface area contributed by atoms with Crippen LogP contribution in [0.4, 0.5) is 0 Å². The van der Waals surface area contributed by atoms with E-state index in [4.69, 9.17) is 28.4 Å². The second-order valence-electron chi connectivity index (χ2n) is 9.11. The Labute approximate surface area is 231 Å². The molecule has 6 heteroatoms. The molecule has 0 aliphatic carbocycles. The van der Waals surface area contributed by atoms with E-state index >= 15 is 0 Å². The van der Waals surface area contributed by atoms with E-state index in [9.17, 15) is 0 Å². The van der Waals surface area contributed by atoms with Crippen LogP contribution < -0.4 is 28.4 Å². The van der Waals surface area contributed by atoms with Gasteiger partial charge in [-0.05, 0) is 90.4 Å². The van der Waals surface area contributed by atoms with Gasteiger partial charge in [0.2, 0.25) is 0 Å². The van der Waals surface area contributed by atoms with Crippen molar-refractivity contribution in [3.63, 3.8) is 0 Å². The molecule has 0 atom stereocenters. The molecule has 0 spiro atoms. The highest BCUT2D eigenvalue weighted by molar-refractivity contribution is 5.53. The van der Waals surface area contributed by atoms with Gasteiger partial charge in [0, 0.05) is 6.07 Å². The van der Waals surface area contributed by atoms with Crippen LogP contribution >= 0.6 is 0 Å². The summed E-state index contributed by atoms with van der Waals surface area (Å²) in [4.78, 5) is 0. The zero-order valence-electron chi connectivity index (χ0n) is 23.3. The summed E-state index contributed by atoms with van der Waals surface area (Å²) < 4.78 is 33.8. The molecule has 0 aliphatic heterocycles. The van der Waals surface area contributed by atoms with Crippen LogP contribution in [0.3, 0.4) is 0 Å². The number of benzene rings is 4. The van der Waals surface area contributed by atoms with Crippen molar-refractivity contribution >= 4 is 0 Å². The molecule has 4 aromatic carbocycles. The van der Waals surface area contributed by atoms with Gasteiger partial charge < -0.3 is 28.4 Å². The molecule has 0 saturated carbocycles. The largest absolute Gasteiger partial charge is 0.497 e. The van der Waals surface area contributed by atoms with Crippen molar-refractivity contribution in [2.45, 2.75) is 25.7 Å². The second-order valence-corrected chi connectivity index (χ2v) is 9.11. The lowest BCUT2D eigenvalue weighted by Gasteiger charge is -2.16. The molecule has 0 unspecified atom stereocenters.